The summed E-state index contributed by atoms with van der Waals surface area (Å²) >= 11 is 0. The van der Waals surface area contributed by atoms with Gasteiger partial charge in [-0.05, 0) is 18.2 Å². The van der Waals surface area contributed by atoms with Crippen LogP contribution >= 0.6 is 0 Å². The van der Waals surface area contributed by atoms with Crippen molar-refractivity contribution in [1.29, 1.82) is 0 Å². The van der Waals surface area contributed by atoms with E-state index in [0.29, 0.717) is 5.56 Å². The second kappa shape index (κ2) is 4.61. The number of nitrogens with two attached hydrogens (primary N) is 2. The summed E-state index contributed by atoms with van der Waals surface area (Å²) in [6.07, 6.45) is 3.09. The van der Waals surface area contributed by atoms with Crippen molar-refractivity contribution in [3.05, 3.63) is 42.1 Å². The highest BCUT2D eigenvalue weighted by Crippen LogP contribution is 2.24. The van der Waals surface area contributed by atoms with Gasteiger partial charge in [-0.1, -0.05) is 12.1 Å². The van der Waals surface area contributed by atoms with Crippen LogP contribution in [0.5, 0.6) is 5.75 Å². The van der Waals surface area contributed by atoms with E-state index in [9.17, 15) is 8.78 Å². The fraction of sp³-hybridized carbons (Fsp3) is 0.182. The standard InChI is InChI=1S/C11H12F2N4O/c12-10(13)18-8-3-1-2-7(6-8)11(15)16-5-4-9(14)17-11/h1-6,10,16H,15H2,(H2,14,17). The molecule has 0 amide bonds. The first-order valence-electron chi connectivity index (χ1n) is 5.13. The van der Waals surface area contributed by atoms with Crippen LogP contribution < -0.4 is 21.5 Å². The van der Waals surface area contributed by atoms with Crippen LogP contribution in [0.2, 0.25) is 0 Å². The molecule has 0 aliphatic carbocycles. The molecule has 5 nitrogen and oxygen atoms in total. The number of hydrogen-bond acceptors (Lipinski definition) is 5. The smallest absolute Gasteiger partial charge is 0.387 e. The minimum absolute atomic E-state index is 0.0115. The Hall–Kier alpha value is -2.15. The highest BCUT2D eigenvalue weighted by Gasteiger charge is 2.27. The third-order valence-electron chi connectivity index (χ3n) is 2.36. The molecule has 0 bridgehead atoms. The maximum atomic E-state index is 12.1. The Morgan fingerprint density at radius 3 is 2.83 bits per heavy atom. The highest BCUT2D eigenvalue weighted by molar-refractivity contribution is 5.92. The zero-order chi connectivity index (χ0) is 13.2. The lowest BCUT2D eigenvalue weighted by Crippen LogP contribution is -2.49. The van der Waals surface area contributed by atoms with Crippen LogP contribution in [0.15, 0.2) is 41.5 Å². The van der Waals surface area contributed by atoms with E-state index in [1.807, 2.05) is 0 Å². The highest BCUT2D eigenvalue weighted by atomic mass is 19.3. The summed E-state index contributed by atoms with van der Waals surface area (Å²) in [6.45, 7) is -2.89. The molecule has 1 aliphatic heterocycles. The Balaban J connectivity index is 2.31. The molecule has 1 aliphatic rings. The van der Waals surface area contributed by atoms with Crippen molar-refractivity contribution in [3.8, 4) is 5.75 Å². The summed E-state index contributed by atoms with van der Waals surface area (Å²) in [5, 5.41) is 2.81. The van der Waals surface area contributed by atoms with E-state index in [-0.39, 0.29) is 11.6 Å². The van der Waals surface area contributed by atoms with Crippen LogP contribution in [0.25, 0.3) is 0 Å². The summed E-state index contributed by atoms with van der Waals surface area (Å²) < 4.78 is 28.6. The lowest BCUT2D eigenvalue weighted by atomic mass is 10.1. The third-order valence-corrected chi connectivity index (χ3v) is 2.36. The van der Waals surface area contributed by atoms with Crippen molar-refractivity contribution < 1.29 is 13.5 Å². The summed E-state index contributed by atoms with van der Waals surface area (Å²) in [7, 11) is 0. The van der Waals surface area contributed by atoms with Gasteiger partial charge < -0.3 is 15.8 Å². The molecule has 0 spiro atoms. The number of amidine groups is 1. The number of benzene rings is 1. The molecule has 0 fully saturated rings. The van der Waals surface area contributed by atoms with Crippen LogP contribution in [0, 0.1) is 0 Å². The van der Waals surface area contributed by atoms with E-state index >= 15 is 0 Å². The second-order valence-corrected chi connectivity index (χ2v) is 3.69. The topological polar surface area (TPSA) is 85.7 Å². The molecule has 1 atom stereocenters. The number of halogens is 2. The van der Waals surface area contributed by atoms with Gasteiger partial charge in [-0.25, -0.2) is 4.99 Å². The van der Waals surface area contributed by atoms with Gasteiger partial charge in [0.1, 0.15) is 11.6 Å². The van der Waals surface area contributed by atoms with E-state index < -0.39 is 12.4 Å². The minimum atomic E-state index is -2.89. The fourth-order valence-electron chi connectivity index (χ4n) is 1.58. The summed E-state index contributed by atoms with van der Waals surface area (Å²) in [6, 6.07) is 5.98. The number of alkyl halides is 2. The van der Waals surface area contributed by atoms with Gasteiger partial charge in [-0.2, -0.15) is 8.78 Å². The van der Waals surface area contributed by atoms with E-state index in [4.69, 9.17) is 11.5 Å². The van der Waals surface area contributed by atoms with E-state index in [0.717, 1.165) is 0 Å². The Labute approximate surface area is 102 Å². The third kappa shape index (κ3) is 2.57. The van der Waals surface area contributed by atoms with Gasteiger partial charge in [0, 0.05) is 11.8 Å². The monoisotopic (exact) mass is 254 g/mol. The Kier molecular flexibility index (Phi) is 3.15. The number of ether oxygens (including phenoxy) is 1. The number of aliphatic imine (C=N–C) groups is 1. The van der Waals surface area contributed by atoms with Gasteiger partial charge in [0.15, 0.2) is 0 Å². The zero-order valence-electron chi connectivity index (χ0n) is 9.31. The van der Waals surface area contributed by atoms with Crippen LogP contribution in [-0.2, 0) is 5.79 Å². The van der Waals surface area contributed by atoms with Crippen molar-refractivity contribution in [1.82, 2.24) is 5.32 Å². The first-order valence-corrected chi connectivity index (χ1v) is 5.13. The molecule has 0 saturated heterocycles. The van der Waals surface area contributed by atoms with Gasteiger partial charge >= 0.3 is 6.61 Å². The fourth-order valence-corrected chi connectivity index (χ4v) is 1.58. The van der Waals surface area contributed by atoms with Gasteiger partial charge in [0.25, 0.3) is 0 Å². The van der Waals surface area contributed by atoms with E-state index in [1.165, 1.54) is 12.1 Å². The summed E-state index contributed by atoms with van der Waals surface area (Å²) in [5.41, 5.74) is 12.0. The normalized spacial score (nSPS) is 22.6. The number of hydrogen-bond donors (Lipinski definition) is 3. The maximum absolute atomic E-state index is 12.1. The predicted octanol–water partition coefficient (Wildman–Crippen LogP) is 0.831. The predicted molar refractivity (Wildman–Crippen MR) is 62.8 cm³/mol. The SMILES string of the molecule is NC1=NC(N)(c2cccc(OC(F)F)c2)NC=C1. The average Bonchev–Trinajstić information content (AvgIpc) is 2.28. The molecule has 0 aromatic heterocycles. The van der Waals surface area contributed by atoms with Crippen molar-refractivity contribution in [2.45, 2.75) is 12.4 Å². The van der Waals surface area contributed by atoms with Crippen molar-refractivity contribution >= 4 is 5.84 Å². The molecule has 0 saturated carbocycles. The molecule has 18 heavy (non-hydrogen) atoms. The largest absolute Gasteiger partial charge is 0.435 e. The molecule has 0 radical (unpaired) electrons. The van der Waals surface area contributed by atoms with Crippen LogP contribution in [0.1, 0.15) is 5.56 Å². The van der Waals surface area contributed by atoms with Crippen molar-refractivity contribution in [2.24, 2.45) is 16.5 Å². The average molecular weight is 254 g/mol. The molecule has 1 aromatic rings. The molecule has 5 N–H and O–H groups in total. The van der Waals surface area contributed by atoms with Crippen molar-refractivity contribution in [3.63, 3.8) is 0 Å². The van der Waals surface area contributed by atoms with E-state index in [1.54, 1.807) is 24.4 Å². The quantitative estimate of drug-likeness (QED) is 0.745. The molecule has 96 valence electrons. The second-order valence-electron chi connectivity index (χ2n) is 3.69. The number of rotatable bonds is 3. The van der Waals surface area contributed by atoms with Crippen LogP contribution in [0.3, 0.4) is 0 Å². The lowest BCUT2D eigenvalue weighted by molar-refractivity contribution is -0.0499. The zero-order valence-corrected chi connectivity index (χ0v) is 9.31. The Bertz CT molecular complexity index is 504. The Morgan fingerprint density at radius 1 is 1.39 bits per heavy atom. The molecule has 1 heterocycles. The van der Waals surface area contributed by atoms with Gasteiger partial charge in [0.2, 0.25) is 5.79 Å². The molecule has 1 unspecified atom stereocenters. The number of nitrogens with one attached hydrogen (secondary N) is 1. The first kappa shape index (κ1) is 12.3. The lowest BCUT2D eigenvalue weighted by Gasteiger charge is -2.28. The molecule has 2 rings (SSSR count). The molecular formula is C11H12F2N4O. The van der Waals surface area contributed by atoms with Gasteiger partial charge in [-0.3, -0.25) is 5.73 Å². The van der Waals surface area contributed by atoms with E-state index in [2.05, 4.69) is 15.0 Å². The summed E-state index contributed by atoms with van der Waals surface area (Å²) in [4.78, 5) is 4.04. The van der Waals surface area contributed by atoms with Crippen LogP contribution in [-0.4, -0.2) is 12.4 Å². The van der Waals surface area contributed by atoms with Gasteiger partial charge in [0.05, 0.1) is 0 Å². The van der Waals surface area contributed by atoms with Crippen molar-refractivity contribution in [2.75, 3.05) is 0 Å². The molecule has 7 heteroatoms. The number of nitrogens with zero attached hydrogens (tertiary/aromatic N) is 1. The van der Waals surface area contributed by atoms with Crippen LogP contribution in [0.4, 0.5) is 8.78 Å². The first-order chi connectivity index (χ1) is 8.49. The maximum Gasteiger partial charge on any atom is 0.387 e. The molecule has 1 aromatic carbocycles. The summed E-state index contributed by atoms with van der Waals surface area (Å²) in [5.74, 6) is -1.02. The Morgan fingerprint density at radius 2 is 2.17 bits per heavy atom. The molecular weight excluding hydrogens is 242 g/mol. The van der Waals surface area contributed by atoms with Gasteiger partial charge in [-0.15, -0.1) is 0 Å². The minimum Gasteiger partial charge on any atom is -0.435 e.